The van der Waals surface area contributed by atoms with E-state index >= 15 is 0 Å². The van der Waals surface area contributed by atoms with Gasteiger partial charge >= 0.3 is 0 Å². The normalized spacial score (nSPS) is 10.4. The van der Waals surface area contributed by atoms with Gasteiger partial charge in [-0.1, -0.05) is 29.3 Å². The molecule has 0 spiro atoms. The molecule has 0 radical (unpaired) electrons. The molecule has 0 saturated carbocycles. The van der Waals surface area contributed by atoms with Gasteiger partial charge in [-0.25, -0.2) is 0 Å². The summed E-state index contributed by atoms with van der Waals surface area (Å²) < 4.78 is 0. The second kappa shape index (κ2) is 6.84. The number of benzene rings is 1. The highest BCUT2D eigenvalue weighted by Gasteiger charge is 2.10. The number of rotatable bonds is 5. The van der Waals surface area contributed by atoms with Crippen LogP contribution in [0.3, 0.4) is 0 Å². The molecule has 0 aliphatic carbocycles. The number of nitrogens with zero attached hydrogens (tertiary/aromatic N) is 1. The van der Waals surface area contributed by atoms with E-state index in [1.54, 1.807) is 24.1 Å². The molecule has 1 aromatic rings. The van der Waals surface area contributed by atoms with E-state index < -0.39 is 0 Å². The predicted octanol–water partition coefficient (Wildman–Crippen LogP) is 2.69. The fraction of sp³-hybridized carbons (Fsp3) is 0.417. The molecule has 0 fully saturated rings. The summed E-state index contributed by atoms with van der Waals surface area (Å²) in [6.45, 7) is 1.01. The van der Waals surface area contributed by atoms with Crippen molar-refractivity contribution in [1.82, 2.24) is 4.90 Å². The summed E-state index contributed by atoms with van der Waals surface area (Å²) in [6.07, 6.45) is 1.18. The molecule has 0 atom stereocenters. The van der Waals surface area contributed by atoms with Gasteiger partial charge in [0, 0.05) is 30.1 Å². The summed E-state index contributed by atoms with van der Waals surface area (Å²) in [4.78, 5) is 13.3. The summed E-state index contributed by atoms with van der Waals surface area (Å²) in [5.74, 6) is 0.0708. The van der Waals surface area contributed by atoms with Crippen LogP contribution in [-0.2, 0) is 11.3 Å². The van der Waals surface area contributed by atoms with Crippen molar-refractivity contribution in [3.8, 4) is 0 Å². The van der Waals surface area contributed by atoms with Crippen LogP contribution in [0, 0.1) is 0 Å². The lowest BCUT2D eigenvalue weighted by Crippen LogP contribution is -2.26. The molecule has 1 amide bonds. The third-order valence-corrected chi connectivity index (χ3v) is 3.03. The van der Waals surface area contributed by atoms with E-state index in [4.69, 9.17) is 28.9 Å². The van der Waals surface area contributed by atoms with Crippen molar-refractivity contribution in [2.24, 2.45) is 5.73 Å². The van der Waals surface area contributed by atoms with Crippen molar-refractivity contribution in [2.45, 2.75) is 19.4 Å². The zero-order valence-electron chi connectivity index (χ0n) is 9.75. The summed E-state index contributed by atoms with van der Waals surface area (Å²) in [6, 6.07) is 5.27. The quantitative estimate of drug-likeness (QED) is 0.898. The van der Waals surface area contributed by atoms with Crippen molar-refractivity contribution >= 4 is 29.1 Å². The van der Waals surface area contributed by atoms with Crippen LogP contribution in [0.15, 0.2) is 18.2 Å². The van der Waals surface area contributed by atoms with Crippen LogP contribution in [-0.4, -0.2) is 24.4 Å². The minimum atomic E-state index is 0.0708. The van der Waals surface area contributed by atoms with Gasteiger partial charge in [0.2, 0.25) is 5.91 Å². The molecular formula is C12H16Cl2N2O. The highest BCUT2D eigenvalue weighted by Crippen LogP contribution is 2.22. The van der Waals surface area contributed by atoms with Gasteiger partial charge in [0.15, 0.2) is 0 Å². The van der Waals surface area contributed by atoms with E-state index in [0.29, 0.717) is 36.0 Å². The fourth-order valence-corrected chi connectivity index (χ4v) is 1.91. The Balaban J connectivity index is 2.61. The third kappa shape index (κ3) is 4.54. The van der Waals surface area contributed by atoms with E-state index in [1.165, 1.54) is 0 Å². The number of hydrogen-bond donors (Lipinski definition) is 1. The Kier molecular flexibility index (Phi) is 5.75. The molecule has 5 heteroatoms. The number of hydrogen-bond acceptors (Lipinski definition) is 2. The number of carbonyl (C=O) groups excluding carboxylic acids is 1. The molecule has 0 aliphatic heterocycles. The van der Waals surface area contributed by atoms with Crippen LogP contribution in [0.5, 0.6) is 0 Å². The Morgan fingerprint density at radius 3 is 2.71 bits per heavy atom. The molecule has 1 rings (SSSR count). The third-order valence-electron chi connectivity index (χ3n) is 2.44. The Hall–Kier alpha value is -0.770. The van der Waals surface area contributed by atoms with E-state index in [1.807, 2.05) is 6.07 Å². The van der Waals surface area contributed by atoms with Gasteiger partial charge in [0.1, 0.15) is 0 Å². The number of halogens is 2. The highest BCUT2D eigenvalue weighted by molar-refractivity contribution is 6.35. The van der Waals surface area contributed by atoms with Gasteiger partial charge in [-0.15, -0.1) is 0 Å². The van der Waals surface area contributed by atoms with Crippen LogP contribution in [0.2, 0.25) is 10.0 Å². The average Bonchev–Trinajstić information content (AvgIpc) is 2.29. The molecule has 1 aromatic carbocycles. The molecule has 0 unspecified atom stereocenters. The molecule has 0 saturated heterocycles. The van der Waals surface area contributed by atoms with Crippen molar-refractivity contribution in [3.05, 3.63) is 33.8 Å². The molecule has 2 N–H and O–H groups in total. The zero-order valence-corrected chi connectivity index (χ0v) is 11.3. The number of carbonyl (C=O) groups is 1. The van der Waals surface area contributed by atoms with Crippen molar-refractivity contribution in [2.75, 3.05) is 13.6 Å². The second-order valence-electron chi connectivity index (χ2n) is 3.88. The molecule has 3 nitrogen and oxygen atoms in total. The van der Waals surface area contributed by atoms with Gasteiger partial charge < -0.3 is 10.6 Å². The lowest BCUT2D eigenvalue weighted by Gasteiger charge is -2.18. The maximum Gasteiger partial charge on any atom is 0.222 e. The monoisotopic (exact) mass is 274 g/mol. The highest BCUT2D eigenvalue weighted by atomic mass is 35.5. The van der Waals surface area contributed by atoms with Crippen molar-refractivity contribution in [3.63, 3.8) is 0 Å². The van der Waals surface area contributed by atoms with Gasteiger partial charge in [0.25, 0.3) is 0 Å². The molecule has 94 valence electrons. The van der Waals surface area contributed by atoms with Gasteiger partial charge in [-0.2, -0.15) is 0 Å². The molecule has 0 heterocycles. The van der Waals surface area contributed by atoms with E-state index in [-0.39, 0.29) is 5.91 Å². The van der Waals surface area contributed by atoms with E-state index in [9.17, 15) is 4.79 Å². The molecular weight excluding hydrogens is 259 g/mol. The molecule has 17 heavy (non-hydrogen) atoms. The van der Waals surface area contributed by atoms with Crippen molar-refractivity contribution < 1.29 is 4.79 Å². The van der Waals surface area contributed by atoms with Crippen LogP contribution in [0.25, 0.3) is 0 Å². The summed E-state index contributed by atoms with van der Waals surface area (Å²) in [5.41, 5.74) is 6.25. The van der Waals surface area contributed by atoms with E-state index in [2.05, 4.69) is 0 Å². The Labute approximate surface area is 111 Å². The van der Waals surface area contributed by atoms with Crippen LogP contribution < -0.4 is 5.73 Å². The van der Waals surface area contributed by atoms with Crippen LogP contribution >= 0.6 is 23.2 Å². The first-order chi connectivity index (χ1) is 8.04. The Morgan fingerprint density at radius 1 is 1.41 bits per heavy atom. The van der Waals surface area contributed by atoms with Crippen LogP contribution in [0.4, 0.5) is 0 Å². The van der Waals surface area contributed by atoms with Crippen molar-refractivity contribution in [1.29, 1.82) is 0 Å². The topological polar surface area (TPSA) is 46.3 Å². The SMILES string of the molecule is CN(Cc1ccc(Cl)cc1Cl)C(=O)CCCN. The number of amides is 1. The largest absolute Gasteiger partial charge is 0.341 e. The van der Waals surface area contributed by atoms with E-state index in [0.717, 1.165) is 5.56 Å². The maximum atomic E-state index is 11.7. The zero-order chi connectivity index (χ0) is 12.8. The summed E-state index contributed by atoms with van der Waals surface area (Å²) >= 11 is 11.8. The summed E-state index contributed by atoms with van der Waals surface area (Å²) in [7, 11) is 1.75. The lowest BCUT2D eigenvalue weighted by atomic mass is 10.2. The fourth-order valence-electron chi connectivity index (χ4n) is 1.44. The second-order valence-corrected chi connectivity index (χ2v) is 4.72. The summed E-state index contributed by atoms with van der Waals surface area (Å²) in [5, 5.41) is 1.17. The molecule has 0 aliphatic rings. The van der Waals surface area contributed by atoms with Gasteiger partial charge in [0.05, 0.1) is 0 Å². The Bertz CT molecular complexity index is 396. The maximum absolute atomic E-state index is 11.7. The lowest BCUT2D eigenvalue weighted by molar-refractivity contribution is -0.130. The van der Waals surface area contributed by atoms with Gasteiger partial charge in [-0.05, 0) is 30.7 Å². The number of nitrogens with two attached hydrogens (primary N) is 1. The predicted molar refractivity (Wildman–Crippen MR) is 71.2 cm³/mol. The Morgan fingerprint density at radius 2 is 2.12 bits per heavy atom. The first-order valence-corrected chi connectivity index (χ1v) is 6.18. The molecule has 0 bridgehead atoms. The minimum Gasteiger partial charge on any atom is -0.341 e. The van der Waals surface area contributed by atoms with Gasteiger partial charge in [-0.3, -0.25) is 4.79 Å². The smallest absolute Gasteiger partial charge is 0.222 e. The minimum absolute atomic E-state index is 0.0708. The molecule has 0 aromatic heterocycles. The average molecular weight is 275 g/mol. The first-order valence-electron chi connectivity index (χ1n) is 5.42. The standard InChI is InChI=1S/C12H16Cl2N2O/c1-16(12(17)3-2-6-15)8-9-4-5-10(13)7-11(9)14/h4-5,7H,2-3,6,8,15H2,1H3. The van der Waals surface area contributed by atoms with Crippen LogP contribution in [0.1, 0.15) is 18.4 Å². The first kappa shape index (κ1) is 14.3.